The molecule has 0 spiro atoms. The lowest BCUT2D eigenvalue weighted by Gasteiger charge is -2.35. The standard InChI is InChI=1S/C34H44F2N4O6/c1-5-20-26(17-41)40-16-28(20)45-30-24(37-23-12-11-19(44-32(35)36)15-25(23)38-30)10-8-6-7-9-21-22-13-18(22)14-27(21)46-33(43)39-29(31(40)42)34(2,3)4/h11-12,15,17-18,20-22,26-29,32H,5-10,13-14,16H2,1-4H3,(H,39,43)/t18?,20-,21+,22?,26+,27+,28-,29+/m0/s1. The SMILES string of the molecule is CC[C@@H]1[C@@H]2CN(C(=O)[C@H](C(C)(C)C)NC(=O)O[C@@H]3CC4CC4[C@H]3CCCCCc3nc4ccc(OC(F)F)cc4nc3O2)[C@@H]1C=O. The van der Waals surface area contributed by atoms with Crippen LogP contribution < -0.4 is 14.8 Å². The molecule has 250 valence electrons. The van der Waals surface area contributed by atoms with Crippen molar-refractivity contribution in [2.45, 2.75) is 110 Å². The first kappa shape index (κ1) is 32.4. The van der Waals surface area contributed by atoms with E-state index >= 15 is 0 Å². The van der Waals surface area contributed by atoms with Crippen molar-refractivity contribution in [1.29, 1.82) is 0 Å². The number of nitrogens with one attached hydrogen (secondary N) is 1. The molecule has 2 aromatic rings. The number of fused-ring (bicyclic) bond motifs is 7. The summed E-state index contributed by atoms with van der Waals surface area (Å²) < 4.78 is 43.0. The van der Waals surface area contributed by atoms with E-state index in [4.69, 9.17) is 19.4 Å². The Labute approximate surface area is 267 Å². The molecule has 2 bridgehead atoms. The second-order valence-electron chi connectivity index (χ2n) is 14.4. The third kappa shape index (κ3) is 6.62. The predicted molar refractivity (Wildman–Crippen MR) is 164 cm³/mol. The number of alkyl halides is 2. The number of amides is 2. The van der Waals surface area contributed by atoms with Crippen molar-refractivity contribution in [3.63, 3.8) is 0 Å². The van der Waals surface area contributed by atoms with E-state index in [1.165, 1.54) is 23.5 Å². The van der Waals surface area contributed by atoms with Gasteiger partial charge in [-0.3, -0.25) is 4.79 Å². The Balaban J connectivity index is 1.36. The zero-order valence-corrected chi connectivity index (χ0v) is 26.9. The molecule has 1 saturated heterocycles. The molecule has 2 aliphatic heterocycles. The lowest BCUT2D eigenvalue weighted by Crippen LogP contribution is -2.56. The molecule has 2 unspecified atom stereocenters. The average molecular weight is 643 g/mol. The molecule has 0 radical (unpaired) electrons. The Morgan fingerprint density at radius 1 is 1.07 bits per heavy atom. The predicted octanol–water partition coefficient (Wildman–Crippen LogP) is 5.70. The summed E-state index contributed by atoms with van der Waals surface area (Å²) >= 11 is 0. The average Bonchev–Trinajstić information content (AvgIpc) is 3.54. The third-order valence-corrected chi connectivity index (χ3v) is 10.3. The van der Waals surface area contributed by atoms with Crippen LogP contribution in [0.25, 0.3) is 11.0 Å². The summed E-state index contributed by atoms with van der Waals surface area (Å²) in [6.07, 6.45) is 6.26. The number of carbonyl (C=O) groups is 3. The topological polar surface area (TPSA) is 120 Å². The minimum Gasteiger partial charge on any atom is -0.471 e. The molecule has 2 saturated carbocycles. The number of aryl methyl sites for hydroxylation is 1. The summed E-state index contributed by atoms with van der Waals surface area (Å²) in [5.41, 5.74) is 0.841. The number of rotatable bonds is 4. The van der Waals surface area contributed by atoms with Gasteiger partial charge in [0.05, 0.1) is 23.6 Å². The van der Waals surface area contributed by atoms with Crippen molar-refractivity contribution in [2.24, 2.45) is 29.1 Å². The molecular formula is C34H44F2N4O6. The van der Waals surface area contributed by atoms with Crippen LogP contribution in [-0.4, -0.2) is 70.6 Å². The maximum atomic E-state index is 14.2. The number of aldehydes is 1. The van der Waals surface area contributed by atoms with Crippen LogP contribution in [-0.2, 0) is 20.7 Å². The van der Waals surface area contributed by atoms with Gasteiger partial charge >= 0.3 is 12.7 Å². The number of ether oxygens (including phenoxy) is 3. The number of aromatic nitrogens is 2. The second-order valence-corrected chi connectivity index (χ2v) is 14.4. The van der Waals surface area contributed by atoms with Crippen LogP contribution >= 0.6 is 0 Å². The molecule has 1 N–H and O–H groups in total. The first-order valence-corrected chi connectivity index (χ1v) is 16.6. The van der Waals surface area contributed by atoms with Crippen LogP contribution in [0.1, 0.15) is 78.3 Å². The Morgan fingerprint density at radius 2 is 1.87 bits per heavy atom. The molecule has 12 heteroatoms. The number of alkyl carbamates (subject to hydrolysis) is 1. The monoisotopic (exact) mass is 642 g/mol. The van der Waals surface area contributed by atoms with Gasteiger partial charge in [0, 0.05) is 12.0 Å². The summed E-state index contributed by atoms with van der Waals surface area (Å²) in [5, 5.41) is 2.87. The minimum absolute atomic E-state index is 0.0376. The van der Waals surface area contributed by atoms with Crippen molar-refractivity contribution in [1.82, 2.24) is 20.2 Å². The highest BCUT2D eigenvalue weighted by Gasteiger charge is 2.55. The zero-order valence-electron chi connectivity index (χ0n) is 26.9. The van der Waals surface area contributed by atoms with E-state index < -0.39 is 36.3 Å². The molecule has 3 heterocycles. The molecule has 4 aliphatic rings. The molecule has 1 aromatic carbocycles. The Bertz CT molecular complexity index is 1470. The zero-order chi connectivity index (χ0) is 32.7. The van der Waals surface area contributed by atoms with Crippen molar-refractivity contribution in [2.75, 3.05) is 6.54 Å². The van der Waals surface area contributed by atoms with Gasteiger partial charge in [-0.15, -0.1) is 0 Å². The highest BCUT2D eigenvalue weighted by atomic mass is 19.3. The Hall–Kier alpha value is -3.57. The van der Waals surface area contributed by atoms with E-state index in [9.17, 15) is 23.2 Å². The largest absolute Gasteiger partial charge is 0.471 e. The summed E-state index contributed by atoms with van der Waals surface area (Å²) in [7, 11) is 0. The van der Waals surface area contributed by atoms with E-state index in [2.05, 4.69) is 10.1 Å². The number of carbonyl (C=O) groups excluding carboxylic acids is 3. The molecule has 1 aromatic heterocycles. The van der Waals surface area contributed by atoms with Crippen LogP contribution in [0.3, 0.4) is 0 Å². The Morgan fingerprint density at radius 3 is 2.59 bits per heavy atom. The van der Waals surface area contributed by atoms with E-state index in [0.717, 1.165) is 38.4 Å². The summed E-state index contributed by atoms with van der Waals surface area (Å²) in [5.74, 6) is 0.969. The summed E-state index contributed by atoms with van der Waals surface area (Å²) in [6, 6.07) is 2.74. The lowest BCUT2D eigenvalue weighted by molar-refractivity contribution is -0.139. The van der Waals surface area contributed by atoms with Crippen molar-refractivity contribution in [3.05, 3.63) is 23.9 Å². The maximum absolute atomic E-state index is 14.2. The van der Waals surface area contributed by atoms with Gasteiger partial charge in [0.25, 0.3) is 0 Å². The van der Waals surface area contributed by atoms with Gasteiger partial charge in [-0.25, -0.2) is 14.8 Å². The molecule has 3 fully saturated rings. The normalized spacial score (nSPS) is 31.9. The third-order valence-electron chi connectivity index (χ3n) is 10.3. The molecule has 8 atom stereocenters. The molecule has 2 aliphatic carbocycles. The quantitative estimate of drug-likeness (QED) is 0.422. The van der Waals surface area contributed by atoms with Gasteiger partial charge in [0.2, 0.25) is 11.8 Å². The van der Waals surface area contributed by atoms with Crippen LogP contribution in [0.15, 0.2) is 18.2 Å². The number of hydrogen-bond donors (Lipinski definition) is 1. The van der Waals surface area contributed by atoms with Gasteiger partial charge in [-0.2, -0.15) is 8.78 Å². The van der Waals surface area contributed by atoms with Crippen LogP contribution in [0.2, 0.25) is 0 Å². The van der Waals surface area contributed by atoms with Crippen molar-refractivity contribution < 1.29 is 37.4 Å². The fraction of sp³-hybridized carbons (Fsp3) is 0.676. The van der Waals surface area contributed by atoms with Crippen LogP contribution in [0.4, 0.5) is 13.6 Å². The Kier molecular flexibility index (Phi) is 9.08. The highest BCUT2D eigenvalue weighted by molar-refractivity contribution is 5.89. The number of halogens is 2. The van der Waals surface area contributed by atoms with Gasteiger partial charge < -0.3 is 29.2 Å². The smallest absolute Gasteiger partial charge is 0.408 e. The molecule has 10 nitrogen and oxygen atoms in total. The number of hydrogen-bond acceptors (Lipinski definition) is 8. The van der Waals surface area contributed by atoms with Crippen LogP contribution in [0, 0.1) is 29.1 Å². The van der Waals surface area contributed by atoms with Gasteiger partial charge in [0.1, 0.15) is 36.0 Å². The lowest BCUT2D eigenvalue weighted by atomic mass is 9.85. The van der Waals surface area contributed by atoms with E-state index in [-0.39, 0.29) is 36.1 Å². The van der Waals surface area contributed by atoms with E-state index in [0.29, 0.717) is 47.3 Å². The van der Waals surface area contributed by atoms with Crippen LogP contribution in [0.5, 0.6) is 11.6 Å². The number of benzene rings is 1. The van der Waals surface area contributed by atoms with Crippen molar-refractivity contribution in [3.8, 4) is 11.6 Å². The van der Waals surface area contributed by atoms with E-state index in [1.807, 2.05) is 27.7 Å². The molecule has 6 rings (SSSR count). The highest BCUT2D eigenvalue weighted by Crippen LogP contribution is 2.57. The fourth-order valence-corrected chi connectivity index (χ4v) is 7.88. The molecular weight excluding hydrogens is 598 g/mol. The summed E-state index contributed by atoms with van der Waals surface area (Å²) in [4.78, 5) is 51.1. The van der Waals surface area contributed by atoms with Crippen molar-refractivity contribution >= 4 is 29.3 Å². The fourth-order valence-electron chi connectivity index (χ4n) is 7.88. The van der Waals surface area contributed by atoms with Gasteiger partial charge in [-0.05, 0) is 73.8 Å². The minimum atomic E-state index is -2.98. The van der Waals surface area contributed by atoms with Gasteiger partial charge in [0.15, 0.2) is 0 Å². The molecule has 2 amide bonds. The van der Waals surface area contributed by atoms with Gasteiger partial charge in [-0.1, -0.05) is 40.5 Å². The second kappa shape index (κ2) is 12.9. The van der Waals surface area contributed by atoms with E-state index in [1.54, 1.807) is 6.07 Å². The molecule has 46 heavy (non-hydrogen) atoms. The first-order valence-electron chi connectivity index (χ1n) is 16.6. The summed E-state index contributed by atoms with van der Waals surface area (Å²) in [6.45, 7) is 4.67. The number of nitrogens with zero attached hydrogens (tertiary/aromatic N) is 3. The first-order chi connectivity index (χ1) is 22.0. The maximum Gasteiger partial charge on any atom is 0.408 e.